The van der Waals surface area contributed by atoms with Crippen LogP contribution in [0.2, 0.25) is 5.02 Å². The van der Waals surface area contributed by atoms with Gasteiger partial charge in [0.2, 0.25) is 0 Å². The predicted octanol–water partition coefficient (Wildman–Crippen LogP) is 2.43. The number of nitro groups is 1. The molecular formula is C11H8ClN3O3. The largest absolute Gasteiger partial charge is 0.288 e. The Morgan fingerprint density at radius 2 is 1.94 bits per heavy atom. The molecule has 2 rings (SSSR count). The highest BCUT2D eigenvalue weighted by Crippen LogP contribution is 2.27. The molecule has 0 atom stereocenters. The SMILES string of the molecule is O=C(Nn1cccc1)c1cccc([N+](=O)[O-])c1Cl. The first-order valence-electron chi connectivity index (χ1n) is 4.97. The van der Waals surface area contributed by atoms with E-state index in [4.69, 9.17) is 11.6 Å². The number of aromatic nitrogens is 1. The molecule has 7 heteroatoms. The van der Waals surface area contributed by atoms with Crippen LogP contribution in [0.3, 0.4) is 0 Å². The van der Waals surface area contributed by atoms with Crippen molar-refractivity contribution in [3.63, 3.8) is 0 Å². The van der Waals surface area contributed by atoms with E-state index in [1.165, 1.54) is 22.9 Å². The number of hydrogen-bond donors (Lipinski definition) is 1. The Morgan fingerprint density at radius 1 is 1.28 bits per heavy atom. The number of nitrogens with zero attached hydrogens (tertiary/aromatic N) is 2. The maximum absolute atomic E-state index is 11.9. The first kappa shape index (κ1) is 12.1. The van der Waals surface area contributed by atoms with Crippen LogP contribution in [0.4, 0.5) is 5.69 Å². The number of hydrogen-bond acceptors (Lipinski definition) is 3. The van der Waals surface area contributed by atoms with Crippen molar-refractivity contribution in [1.82, 2.24) is 4.68 Å². The number of halogens is 1. The van der Waals surface area contributed by atoms with Crippen LogP contribution in [0, 0.1) is 10.1 Å². The van der Waals surface area contributed by atoms with Gasteiger partial charge in [-0.1, -0.05) is 17.7 Å². The summed E-state index contributed by atoms with van der Waals surface area (Å²) < 4.78 is 1.43. The molecule has 1 N–H and O–H groups in total. The summed E-state index contributed by atoms with van der Waals surface area (Å²) in [5, 5.41) is 10.5. The summed E-state index contributed by atoms with van der Waals surface area (Å²) in [6.45, 7) is 0. The normalized spacial score (nSPS) is 10.1. The fraction of sp³-hybridized carbons (Fsp3) is 0. The number of rotatable bonds is 3. The Morgan fingerprint density at radius 3 is 2.56 bits per heavy atom. The van der Waals surface area contributed by atoms with E-state index in [0.29, 0.717) is 0 Å². The first-order chi connectivity index (χ1) is 8.59. The fourth-order valence-electron chi connectivity index (χ4n) is 1.42. The minimum Gasteiger partial charge on any atom is -0.268 e. The molecule has 0 aliphatic heterocycles. The molecule has 0 saturated carbocycles. The first-order valence-corrected chi connectivity index (χ1v) is 5.34. The zero-order valence-corrected chi connectivity index (χ0v) is 9.79. The zero-order chi connectivity index (χ0) is 13.1. The van der Waals surface area contributed by atoms with Crippen molar-refractivity contribution in [2.75, 3.05) is 5.43 Å². The Kier molecular flexibility index (Phi) is 3.29. The molecule has 1 aromatic heterocycles. The molecule has 0 aliphatic rings. The minimum absolute atomic E-state index is 0.0552. The maximum atomic E-state index is 11.9. The topological polar surface area (TPSA) is 77.2 Å². The van der Waals surface area contributed by atoms with Crippen LogP contribution in [0.1, 0.15) is 10.4 Å². The van der Waals surface area contributed by atoms with Crippen LogP contribution in [-0.2, 0) is 0 Å². The van der Waals surface area contributed by atoms with Crippen molar-refractivity contribution in [2.24, 2.45) is 0 Å². The van der Waals surface area contributed by atoms with Crippen molar-refractivity contribution in [2.45, 2.75) is 0 Å². The second kappa shape index (κ2) is 4.89. The highest BCUT2D eigenvalue weighted by atomic mass is 35.5. The average molecular weight is 266 g/mol. The van der Waals surface area contributed by atoms with Crippen molar-refractivity contribution in [3.8, 4) is 0 Å². The Labute approximate surface area is 107 Å². The summed E-state index contributed by atoms with van der Waals surface area (Å²) >= 11 is 5.83. The Balaban J connectivity index is 2.31. The molecule has 0 spiro atoms. The molecule has 92 valence electrons. The molecule has 0 saturated heterocycles. The van der Waals surface area contributed by atoms with Gasteiger partial charge in [-0.3, -0.25) is 25.0 Å². The quantitative estimate of drug-likeness (QED) is 0.684. The highest BCUT2D eigenvalue weighted by Gasteiger charge is 2.19. The van der Waals surface area contributed by atoms with E-state index in [1.54, 1.807) is 24.5 Å². The van der Waals surface area contributed by atoms with Gasteiger partial charge in [0, 0.05) is 18.5 Å². The number of amides is 1. The third kappa shape index (κ3) is 2.33. The molecule has 6 nitrogen and oxygen atoms in total. The summed E-state index contributed by atoms with van der Waals surface area (Å²) in [4.78, 5) is 21.9. The maximum Gasteiger partial charge on any atom is 0.288 e. The van der Waals surface area contributed by atoms with Gasteiger partial charge in [-0.2, -0.15) is 0 Å². The standard InChI is InChI=1S/C11H8ClN3O3/c12-10-8(4-3-5-9(10)15(17)18)11(16)13-14-6-1-2-7-14/h1-7H,(H,13,16). The zero-order valence-electron chi connectivity index (χ0n) is 9.04. The summed E-state index contributed by atoms with van der Waals surface area (Å²) in [6, 6.07) is 7.54. The van der Waals surface area contributed by atoms with Gasteiger partial charge < -0.3 is 0 Å². The third-order valence-electron chi connectivity index (χ3n) is 2.25. The molecule has 1 amide bonds. The van der Waals surface area contributed by atoms with Gasteiger partial charge in [-0.25, -0.2) is 0 Å². The van der Waals surface area contributed by atoms with E-state index in [1.807, 2.05) is 0 Å². The molecule has 0 bridgehead atoms. The molecule has 18 heavy (non-hydrogen) atoms. The Hall–Kier alpha value is -2.34. The number of nitro benzene ring substituents is 1. The van der Waals surface area contributed by atoms with Gasteiger partial charge in [-0.15, -0.1) is 0 Å². The second-order valence-corrected chi connectivity index (χ2v) is 3.80. The summed E-state index contributed by atoms with van der Waals surface area (Å²) in [5.41, 5.74) is 2.28. The Bertz CT molecular complexity index is 596. The lowest BCUT2D eigenvalue weighted by Crippen LogP contribution is -2.21. The van der Waals surface area contributed by atoms with E-state index < -0.39 is 10.8 Å². The van der Waals surface area contributed by atoms with E-state index in [0.717, 1.165) is 0 Å². The molecule has 0 radical (unpaired) electrons. The van der Waals surface area contributed by atoms with E-state index in [2.05, 4.69) is 5.43 Å². The van der Waals surface area contributed by atoms with E-state index in [9.17, 15) is 14.9 Å². The molecule has 0 unspecified atom stereocenters. The van der Waals surface area contributed by atoms with Crippen LogP contribution in [0.25, 0.3) is 0 Å². The van der Waals surface area contributed by atoms with Crippen LogP contribution in [0.15, 0.2) is 42.7 Å². The predicted molar refractivity (Wildman–Crippen MR) is 66.2 cm³/mol. The average Bonchev–Trinajstić information content (AvgIpc) is 2.81. The third-order valence-corrected chi connectivity index (χ3v) is 2.65. The van der Waals surface area contributed by atoms with Gasteiger partial charge in [-0.05, 0) is 18.2 Å². The number of carbonyl (C=O) groups excluding carboxylic acids is 1. The van der Waals surface area contributed by atoms with Crippen LogP contribution >= 0.6 is 11.6 Å². The summed E-state index contributed by atoms with van der Waals surface area (Å²) in [5.74, 6) is -0.514. The van der Waals surface area contributed by atoms with Crippen LogP contribution in [-0.4, -0.2) is 15.5 Å². The lowest BCUT2D eigenvalue weighted by Gasteiger charge is -2.07. The minimum atomic E-state index is -0.630. The smallest absolute Gasteiger partial charge is 0.268 e. The summed E-state index contributed by atoms with van der Waals surface area (Å²) in [7, 11) is 0. The second-order valence-electron chi connectivity index (χ2n) is 3.43. The van der Waals surface area contributed by atoms with Gasteiger partial charge in [0.05, 0.1) is 10.5 Å². The van der Waals surface area contributed by atoms with Gasteiger partial charge in [0.1, 0.15) is 5.02 Å². The van der Waals surface area contributed by atoms with Gasteiger partial charge >= 0.3 is 0 Å². The molecular weight excluding hydrogens is 258 g/mol. The van der Waals surface area contributed by atoms with Crippen LogP contribution < -0.4 is 5.43 Å². The van der Waals surface area contributed by atoms with E-state index >= 15 is 0 Å². The summed E-state index contributed by atoms with van der Waals surface area (Å²) in [6.07, 6.45) is 3.26. The van der Waals surface area contributed by atoms with Crippen LogP contribution in [0.5, 0.6) is 0 Å². The van der Waals surface area contributed by atoms with Crippen molar-refractivity contribution in [1.29, 1.82) is 0 Å². The molecule has 2 aromatic rings. The lowest BCUT2D eigenvalue weighted by atomic mass is 10.2. The van der Waals surface area contributed by atoms with Gasteiger partial charge in [0.15, 0.2) is 0 Å². The van der Waals surface area contributed by atoms with Gasteiger partial charge in [0.25, 0.3) is 11.6 Å². The molecule has 1 aromatic carbocycles. The van der Waals surface area contributed by atoms with E-state index in [-0.39, 0.29) is 16.3 Å². The molecule has 0 aliphatic carbocycles. The number of nitrogens with one attached hydrogen (secondary N) is 1. The number of carbonyl (C=O) groups is 1. The monoisotopic (exact) mass is 265 g/mol. The number of benzene rings is 1. The fourth-order valence-corrected chi connectivity index (χ4v) is 1.70. The van der Waals surface area contributed by atoms with Crippen molar-refractivity contribution >= 4 is 23.2 Å². The lowest BCUT2D eigenvalue weighted by molar-refractivity contribution is -0.384. The van der Waals surface area contributed by atoms with Crippen molar-refractivity contribution < 1.29 is 9.72 Å². The van der Waals surface area contributed by atoms with Crippen molar-refractivity contribution in [3.05, 3.63) is 63.4 Å². The highest BCUT2D eigenvalue weighted by molar-refractivity contribution is 6.36. The molecule has 1 heterocycles. The molecule has 0 fully saturated rings.